The van der Waals surface area contributed by atoms with Crippen LogP contribution in [0.15, 0.2) is 18.2 Å². The van der Waals surface area contributed by atoms with Gasteiger partial charge < -0.3 is 4.74 Å². The Hall–Kier alpha value is -0.980. The predicted molar refractivity (Wildman–Crippen MR) is 135 cm³/mol. The average molecular weight is 427 g/mol. The van der Waals surface area contributed by atoms with Gasteiger partial charge in [0.25, 0.3) is 0 Å². The van der Waals surface area contributed by atoms with E-state index in [1.165, 1.54) is 95.5 Å². The summed E-state index contributed by atoms with van der Waals surface area (Å²) in [6.45, 7) is 10.2. The normalized spacial score (nSPS) is 24.6. The van der Waals surface area contributed by atoms with Crippen molar-refractivity contribution in [3.63, 3.8) is 0 Å². The molecule has 0 bridgehead atoms. The van der Waals surface area contributed by atoms with Crippen LogP contribution < -0.4 is 4.74 Å². The van der Waals surface area contributed by atoms with E-state index in [0.29, 0.717) is 11.3 Å². The van der Waals surface area contributed by atoms with E-state index < -0.39 is 0 Å². The molecule has 31 heavy (non-hydrogen) atoms. The van der Waals surface area contributed by atoms with Crippen LogP contribution in [0.2, 0.25) is 0 Å². The molecule has 3 rings (SSSR count). The summed E-state index contributed by atoms with van der Waals surface area (Å²) < 4.78 is 5.94. The van der Waals surface area contributed by atoms with Crippen molar-refractivity contribution < 1.29 is 4.74 Å². The van der Waals surface area contributed by atoms with Crippen LogP contribution in [0, 0.1) is 24.2 Å². The van der Waals surface area contributed by atoms with Crippen LogP contribution in [0.3, 0.4) is 0 Å². The minimum absolute atomic E-state index is 0.674. The van der Waals surface area contributed by atoms with Gasteiger partial charge in [0.15, 0.2) is 0 Å². The maximum Gasteiger partial charge on any atom is 0.119 e. The molecule has 1 aromatic rings. The van der Waals surface area contributed by atoms with Crippen molar-refractivity contribution in [2.45, 2.75) is 130 Å². The average Bonchev–Trinajstić information content (AvgIpc) is 2.80. The Morgan fingerprint density at radius 3 is 2.29 bits per heavy atom. The molecule has 0 amide bonds. The Balaban J connectivity index is 1.58. The predicted octanol–water partition coefficient (Wildman–Crippen LogP) is 9.61. The maximum absolute atomic E-state index is 5.94. The molecule has 1 atom stereocenters. The van der Waals surface area contributed by atoms with Crippen LogP contribution >= 0.6 is 0 Å². The van der Waals surface area contributed by atoms with Crippen LogP contribution in [-0.2, 0) is 0 Å². The molecular weight excluding hydrogens is 376 g/mol. The summed E-state index contributed by atoms with van der Waals surface area (Å²) in [5.74, 6) is 3.59. The van der Waals surface area contributed by atoms with E-state index >= 15 is 0 Å². The first-order valence-electron chi connectivity index (χ1n) is 13.8. The number of ether oxygens (including phenoxy) is 1. The van der Waals surface area contributed by atoms with Gasteiger partial charge in [-0.1, -0.05) is 71.8 Å². The zero-order chi connectivity index (χ0) is 22.1. The lowest BCUT2D eigenvalue weighted by atomic mass is 9.58. The molecule has 0 heterocycles. The molecule has 0 N–H and O–H groups in total. The van der Waals surface area contributed by atoms with Gasteiger partial charge in [-0.15, -0.1) is 0 Å². The highest BCUT2D eigenvalue weighted by atomic mass is 16.5. The first-order chi connectivity index (χ1) is 15.1. The fourth-order valence-corrected chi connectivity index (χ4v) is 6.91. The lowest BCUT2D eigenvalue weighted by Gasteiger charge is -2.47. The summed E-state index contributed by atoms with van der Waals surface area (Å²) in [4.78, 5) is 0. The SMILES string of the molecule is CCCCCC1([C@H]2CC[C@H](C(C)c3ccc(OCCCC)cc3C)CC2)CCCCC1. The molecule has 1 heteroatoms. The van der Waals surface area contributed by atoms with Crippen molar-refractivity contribution in [3.8, 4) is 5.75 Å². The van der Waals surface area contributed by atoms with E-state index in [4.69, 9.17) is 4.74 Å². The third-order valence-corrected chi connectivity index (χ3v) is 8.97. The number of aryl methyl sites for hydroxylation is 1. The minimum atomic E-state index is 0.674. The molecule has 0 aliphatic heterocycles. The van der Waals surface area contributed by atoms with Crippen molar-refractivity contribution in [1.82, 2.24) is 0 Å². The van der Waals surface area contributed by atoms with Crippen LogP contribution in [0.1, 0.15) is 134 Å². The van der Waals surface area contributed by atoms with Crippen LogP contribution in [0.25, 0.3) is 0 Å². The van der Waals surface area contributed by atoms with Crippen molar-refractivity contribution >= 4 is 0 Å². The number of rotatable bonds is 11. The monoisotopic (exact) mass is 426 g/mol. The van der Waals surface area contributed by atoms with Gasteiger partial charge in [-0.05, 0) is 105 Å². The molecule has 1 nitrogen and oxygen atoms in total. The molecule has 1 aromatic carbocycles. The Labute approximate surface area is 193 Å². The molecule has 2 aliphatic rings. The van der Waals surface area contributed by atoms with Gasteiger partial charge in [0.2, 0.25) is 0 Å². The van der Waals surface area contributed by atoms with Gasteiger partial charge in [0.1, 0.15) is 5.75 Å². The van der Waals surface area contributed by atoms with Gasteiger partial charge in [0.05, 0.1) is 6.61 Å². The highest BCUT2D eigenvalue weighted by Gasteiger charge is 2.41. The molecule has 0 saturated heterocycles. The number of unbranched alkanes of at least 4 members (excludes halogenated alkanes) is 3. The molecule has 1 unspecified atom stereocenters. The molecule has 176 valence electrons. The second-order valence-electron chi connectivity index (χ2n) is 11.0. The van der Waals surface area contributed by atoms with Crippen LogP contribution in [-0.4, -0.2) is 6.61 Å². The molecule has 0 spiro atoms. The van der Waals surface area contributed by atoms with Gasteiger partial charge in [-0.2, -0.15) is 0 Å². The van der Waals surface area contributed by atoms with Crippen LogP contribution in [0.4, 0.5) is 0 Å². The smallest absolute Gasteiger partial charge is 0.119 e. The lowest BCUT2D eigenvalue weighted by molar-refractivity contribution is 0.0409. The quantitative estimate of drug-likeness (QED) is 0.320. The van der Waals surface area contributed by atoms with E-state index in [9.17, 15) is 0 Å². The number of benzene rings is 1. The Morgan fingerprint density at radius 1 is 0.935 bits per heavy atom. The minimum Gasteiger partial charge on any atom is -0.494 e. The topological polar surface area (TPSA) is 9.23 Å². The maximum atomic E-state index is 5.94. The molecule has 2 fully saturated rings. The third kappa shape index (κ3) is 6.52. The zero-order valence-corrected chi connectivity index (χ0v) is 21.2. The van der Waals surface area contributed by atoms with E-state index in [0.717, 1.165) is 30.6 Å². The summed E-state index contributed by atoms with van der Waals surface area (Å²) >= 11 is 0. The Bertz CT molecular complexity index is 634. The van der Waals surface area contributed by atoms with Crippen molar-refractivity contribution in [1.29, 1.82) is 0 Å². The van der Waals surface area contributed by atoms with E-state index in [-0.39, 0.29) is 0 Å². The Kier molecular flexibility index (Phi) is 9.79. The van der Waals surface area contributed by atoms with Gasteiger partial charge >= 0.3 is 0 Å². The summed E-state index contributed by atoms with van der Waals surface area (Å²) in [5.41, 5.74) is 3.68. The summed E-state index contributed by atoms with van der Waals surface area (Å²) in [6, 6.07) is 6.85. The second-order valence-corrected chi connectivity index (χ2v) is 11.0. The van der Waals surface area contributed by atoms with Crippen LogP contribution in [0.5, 0.6) is 5.75 Å². The lowest BCUT2D eigenvalue weighted by Crippen LogP contribution is -2.36. The molecule has 0 aromatic heterocycles. The molecule has 2 aliphatic carbocycles. The second kappa shape index (κ2) is 12.3. The van der Waals surface area contributed by atoms with Gasteiger partial charge in [-0.3, -0.25) is 0 Å². The summed E-state index contributed by atoms with van der Waals surface area (Å²) in [6.07, 6.45) is 21.5. The van der Waals surface area contributed by atoms with Crippen molar-refractivity contribution in [3.05, 3.63) is 29.3 Å². The number of hydrogen-bond donors (Lipinski definition) is 0. The Morgan fingerprint density at radius 2 is 1.65 bits per heavy atom. The van der Waals surface area contributed by atoms with Crippen molar-refractivity contribution in [2.75, 3.05) is 6.61 Å². The third-order valence-electron chi connectivity index (χ3n) is 8.97. The fourth-order valence-electron chi connectivity index (χ4n) is 6.91. The summed E-state index contributed by atoms with van der Waals surface area (Å²) in [7, 11) is 0. The zero-order valence-electron chi connectivity index (χ0n) is 21.2. The van der Waals surface area contributed by atoms with Crippen molar-refractivity contribution in [2.24, 2.45) is 17.3 Å². The molecule has 2 saturated carbocycles. The van der Waals surface area contributed by atoms with E-state index in [1.54, 1.807) is 5.56 Å². The van der Waals surface area contributed by atoms with Gasteiger partial charge in [0, 0.05) is 0 Å². The molecular formula is C30H50O. The number of hydrogen-bond acceptors (Lipinski definition) is 1. The first-order valence-corrected chi connectivity index (χ1v) is 13.8. The highest BCUT2D eigenvalue weighted by molar-refractivity contribution is 5.37. The largest absolute Gasteiger partial charge is 0.494 e. The summed E-state index contributed by atoms with van der Waals surface area (Å²) in [5, 5.41) is 0. The standard InChI is InChI=1S/C30H50O/c1-5-7-10-19-30(20-11-9-12-21-30)27-15-13-26(14-16-27)25(4)29-18-17-28(23-24(29)3)31-22-8-6-2/h17-18,23,25-27H,5-16,19-22H2,1-4H3/t25?,26-,27-. The van der Waals surface area contributed by atoms with Gasteiger partial charge in [-0.25, -0.2) is 0 Å². The highest BCUT2D eigenvalue weighted by Crippen LogP contribution is 2.53. The molecule has 0 radical (unpaired) electrons. The van der Waals surface area contributed by atoms with E-state index in [1.807, 2.05) is 0 Å². The fraction of sp³-hybridized carbons (Fsp3) is 0.800. The van der Waals surface area contributed by atoms with E-state index in [2.05, 4.69) is 45.9 Å². The first kappa shape index (κ1) is 24.7.